The lowest BCUT2D eigenvalue weighted by Gasteiger charge is -2.10. The number of para-hydroxylation sites is 2. The number of carbonyl (C=O) groups is 2. The van der Waals surface area contributed by atoms with E-state index >= 15 is 0 Å². The molecule has 2 aliphatic rings. The number of azo groups is 1. The summed E-state index contributed by atoms with van der Waals surface area (Å²) in [7, 11) is 0. The predicted octanol–water partition coefficient (Wildman–Crippen LogP) is 2.94. The molecule has 0 aromatic heterocycles. The number of benzene rings is 2. The summed E-state index contributed by atoms with van der Waals surface area (Å²) >= 11 is 0. The Morgan fingerprint density at radius 2 is 1.04 bits per heavy atom. The molecule has 0 atom stereocenters. The van der Waals surface area contributed by atoms with Crippen molar-refractivity contribution in [1.82, 2.24) is 0 Å². The van der Waals surface area contributed by atoms with Crippen molar-refractivity contribution in [3.8, 4) is 0 Å². The van der Waals surface area contributed by atoms with E-state index in [1.165, 1.54) is 10.0 Å². The predicted molar refractivity (Wildman–Crippen MR) is 96.8 cm³/mol. The highest BCUT2D eigenvalue weighted by atomic mass is 16.2. The van der Waals surface area contributed by atoms with E-state index in [0.29, 0.717) is 11.4 Å². The van der Waals surface area contributed by atoms with Gasteiger partial charge in [0, 0.05) is 0 Å². The van der Waals surface area contributed by atoms with Gasteiger partial charge in [0.1, 0.15) is 0 Å². The van der Waals surface area contributed by atoms with Gasteiger partial charge in [-0.2, -0.15) is 10.0 Å². The molecule has 0 saturated heterocycles. The van der Waals surface area contributed by atoms with Gasteiger partial charge in [0.2, 0.25) is 0 Å². The largest absolute Gasteiger partial charge is 0.272 e. The summed E-state index contributed by atoms with van der Waals surface area (Å²) in [6.45, 7) is 0. The molecule has 0 radical (unpaired) electrons. The average molecular weight is 346 g/mol. The van der Waals surface area contributed by atoms with Crippen molar-refractivity contribution in [3.05, 3.63) is 60.7 Å². The Morgan fingerprint density at radius 1 is 0.654 bits per heavy atom. The number of hydrogen-bond donors (Lipinski definition) is 0. The number of amides is 2. The quantitative estimate of drug-likeness (QED) is 0.782. The van der Waals surface area contributed by atoms with Gasteiger partial charge in [0.25, 0.3) is 11.8 Å². The van der Waals surface area contributed by atoms with E-state index < -0.39 is 0 Å². The molecule has 2 aliphatic heterocycles. The van der Waals surface area contributed by atoms with Gasteiger partial charge in [-0.05, 0) is 24.3 Å². The van der Waals surface area contributed by atoms with Crippen molar-refractivity contribution in [1.29, 1.82) is 0 Å². The number of hydrogen-bond acceptors (Lipinski definition) is 6. The Morgan fingerprint density at radius 3 is 1.42 bits per heavy atom. The SMILES string of the molecule is O=C1CC(N=NC2=NN(c3ccccc3)C(=O)C2)=NN1c1ccccc1. The van der Waals surface area contributed by atoms with Crippen molar-refractivity contribution in [2.45, 2.75) is 12.8 Å². The second kappa shape index (κ2) is 6.67. The van der Waals surface area contributed by atoms with Crippen LogP contribution in [0.2, 0.25) is 0 Å². The molecule has 8 heteroatoms. The van der Waals surface area contributed by atoms with Crippen molar-refractivity contribution >= 4 is 34.9 Å². The van der Waals surface area contributed by atoms with Gasteiger partial charge in [-0.25, -0.2) is 0 Å². The van der Waals surface area contributed by atoms with Crippen molar-refractivity contribution in [2.75, 3.05) is 10.0 Å². The Bertz CT molecular complexity index is 859. The summed E-state index contributed by atoms with van der Waals surface area (Å²) in [5, 5.41) is 19.0. The topological polar surface area (TPSA) is 90.1 Å². The fraction of sp³-hybridized carbons (Fsp3) is 0.111. The highest BCUT2D eigenvalue weighted by Crippen LogP contribution is 2.22. The summed E-state index contributed by atoms with van der Waals surface area (Å²) in [6, 6.07) is 18.2. The molecule has 128 valence electrons. The molecule has 0 bridgehead atoms. The van der Waals surface area contributed by atoms with Crippen LogP contribution in [-0.4, -0.2) is 23.5 Å². The number of anilines is 2. The van der Waals surface area contributed by atoms with Gasteiger partial charge < -0.3 is 0 Å². The van der Waals surface area contributed by atoms with Crippen LogP contribution in [0.3, 0.4) is 0 Å². The highest BCUT2D eigenvalue weighted by Gasteiger charge is 2.27. The van der Waals surface area contributed by atoms with Gasteiger partial charge in [-0.3, -0.25) is 9.59 Å². The minimum atomic E-state index is -0.180. The third kappa shape index (κ3) is 3.12. The smallest absolute Gasteiger partial charge is 0.255 e. The van der Waals surface area contributed by atoms with Crippen LogP contribution >= 0.6 is 0 Å². The van der Waals surface area contributed by atoms with Crippen LogP contribution in [0, 0.1) is 0 Å². The first-order chi connectivity index (χ1) is 12.7. The maximum atomic E-state index is 12.1. The molecular formula is C18H14N6O2. The fourth-order valence-electron chi connectivity index (χ4n) is 2.60. The monoisotopic (exact) mass is 346 g/mol. The first-order valence-corrected chi connectivity index (χ1v) is 8.03. The van der Waals surface area contributed by atoms with Crippen LogP contribution in [0.5, 0.6) is 0 Å². The minimum absolute atomic E-state index is 0.0576. The average Bonchev–Trinajstić information content (AvgIpc) is 3.24. The first kappa shape index (κ1) is 15.8. The van der Waals surface area contributed by atoms with Crippen molar-refractivity contribution in [3.63, 3.8) is 0 Å². The zero-order chi connectivity index (χ0) is 17.9. The molecule has 0 aliphatic carbocycles. The van der Waals surface area contributed by atoms with Crippen LogP contribution in [0.4, 0.5) is 11.4 Å². The molecule has 4 rings (SSSR count). The maximum Gasteiger partial charge on any atom is 0.255 e. The van der Waals surface area contributed by atoms with E-state index in [1.807, 2.05) is 36.4 Å². The summed E-state index contributed by atoms with van der Waals surface area (Å²) in [4.78, 5) is 24.2. The molecule has 8 nitrogen and oxygen atoms in total. The zero-order valence-electron chi connectivity index (χ0n) is 13.7. The lowest BCUT2D eigenvalue weighted by molar-refractivity contribution is -0.117. The van der Waals surface area contributed by atoms with Gasteiger partial charge in [-0.1, -0.05) is 36.4 Å². The first-order valence-electron chi connectivity index (χ1n) is 8.03. The standard InChI is InChI=1S/C18H14N6O2/c25-17-11-15(21-23(17)13-7-3-1-4-8-13)19-20-16-12-18(26)24(22-16)14-9-5-2-6-10-14/h1-10H,11-12H2. The van der Waals surface area contributed by atoms with Gasteiger partial charge >= 0.3 is 0 Å². The van der Waals surface area contributed by atoms with Gasteiger partial charge in [-0.15, -0.1) is 20.4 Å². The number of nitrogens with zero attached hydrogens (tertiary/aromatic N) is 6. The number of carbonyl (C=O) groups excluding carboxylic acids is 2. The second-order valence-electron chi connectivity index (χ2n) is 5.67. The Hall–Kier alpha value is -3.68. The molecule has 2 heterocycles. The van der Waals surface area contributed by atoms with Crippen LogP contribution in [0.1, 0.15) is 12.8 Å². The molecule has 0 fully saturated rings. The van der Waals surface area contributed by atoms with E-state index in [1.54, 1.807) is 24.3 Å². The molecule has 0 saturated carbocycles. The highest BCUT2D eigenvalue weighted by molar-refractivity contribution is 6.14. The van der Waals surface area contributed by atoms with E-state index in [-0.39, 0.29) is 36.3 Å². The molecular weight excluding hydrogens is 332 g/mol. The summed E-state index contributed by atoms with van der Waals surface area (Å²) in [5.41, 5.74) is 1.35. The van der Waals surface area contributed by atoms with Crippen LogP contribution in [0.15, 0.2) is 81.1 Å². The van der Waals surface area contributed by atoms with E-state index in [0.717, 1.165) is 0 Å². The van der Waals surface area contributed by atoms with E-state index in [2.05, 4.69) is 20.4 Å². The van der Waals surface area contributed by atoms with Crippen LogP contribution in [0.25, 0.3) is 0 Å². The third-order valence-corrected chi connectivity index (χ3v) is 3.80. The molecule has 2 amide bonds. The molecule has 26 heavy (non-hydrogen) atoms. The number of amidine groups is 2. The summed E-state index contributed by atoms with van der Waals surface area (Å²) < 4.78 is 0. The maximum absolute atomic E-state index is 12.1. The molecule has 0 spiro atoms. The second-order valence-corrected chi connectivity index (χ2v) is 5.67. The van der Waals surface area contributed by atoms with Gasteiger partial charge in [0.05, 0.1) is 24.2 Å². The normalized spacial score (nSPS) is 17.2. The molecule has 2 aromatic carbocycles. The number of rotatable bonds is 2. The Labute approximate surface area is 149 Å². The summed E-state index contributed by atoms with van der Waals surface area (Å²) in [5.74, 6) is 0.209. The minimum Gasteiger partial charge on any atom is -0.272 e. The summed E-state index contributed by atoms with van der Waals surface area (Å²) in [6.07, 6.45) is 0.115. The Balaban J connectivity index is 1.50. The van der Waals surface area contributed by atoms with Crippen molar-refractivity contribution in [2.24, 2.45) is 20.4 Å². The fourth-order valence-corrected chi connectivity index (χ4v) is 2.60. The Kier molecular flexibility index (Phi) is 4.06. The molecule has 2 aromatic rings. The zero-order valence-corrected chi connectivity index (χ0v) is 13.7. The van der Waals surface area contributed by atoms with Gasteiger partial charge in [0.15, 0.2) is 11.7 Å². The lowest BCUT2D eigenvalue weighted by Crippen LogP contribution is -2.19. The lowest BCUT2D eigenvalue weighted by atomic mass is 10.3. The van der Waals surface area contributed by atoms with Crippen molar-refractivity contribution < 1.29 is 9.59 Å². The van der Waals surface area contributed by atoms with E-state index in [4.69, 9.17) is 0 Å². The molecule has 0 unspecified atom stereocenters. The third-order valence-electron chi connectivity index (χ3n) is 3.80. The van der Waals surface area contributed by atoms with E-state index in [9.17, 15) is 9.59 Å². The van der Waals surface area contributed by atoms with Crippen LogP contribution in [-0.2, 0) is 9.59 Å². The number of hydrazone groups is 2. The van der Waals surface area contributed by atoms with Crippen LogP contribution < -0.4 is 10.0 Å². The molecule has 0 N–H and O–H groups in total.